The average Bonchev–Trinajstić information content (AvgIpc) is 2.46. The average molecular weight is 242 g/mol. The number of aromatic carboxylic acids is 1. The van der Waals surface area contributed by atoms with Crippen LogP contribution in [0.25, 0.3) is 5.52 Å². The van der Waals surface area contributed by atoms with Gasteiger partial charge in [0.15, 0.2) is 5.69 Å². The van der Waals surface area contributed by atoms with Crippen molar-refractivity contribution in [1.82, 2.24) is 14.8 Å². The van der Waals surface area contributed by atoms with Crippen molar-refractivity contribution in [3.05, 3.63) is 28.5 Å². The first-order valence-corrected chi connectivity index (χ1v) is 4.21. The Labute approximate surface area is 81.1 Å². The molecule has 2 heterocycles. The second kappa shape index (κ2) is 2.81. The van der Waals surface area contributed by atoms with Crippen molar-refractivity contribution < 1.29 is 9.90 Å². The summed E-state index contributed by atoms with van der Waals surface area (Å²) in [4.78, 5) is 10.6. The summed E-state index contributed by atoms with van der Waals surface area (Å²) in [5.41, 5.74) is 0.447. The van der Waals surface area contributed by atoms with Gasteiger partial charge >= 0.3 is 5.97 Å². The zero-order valence-corrected chi connectivity index (χ0v) is 7.89. The smallest absolute Gasteiger partial charge is 0.358 e. The van der Waals surface area contributed by atoms with Gasteiger partial charge < -0.3 is 5.11 Å². The van der Waals surface area contributed by atoms with Crippen molar-refractivity contribution in [3.63, 3.8) is 0 Å². The van der Waals surface area contributed by atoms with E-state index in [9.17, 15) is 4.79 Å². The standard InChI is InChI=1S/C7H4BrN3O2/c8-4-1-2-5-6(7(12)13)9-10-11(5)3-4/h1-3H,(H,12,13). The van der Waals surface area contributed by atoms with Gasteiger partial charge in [-0.05, 0) is 28.1 Å². The summed E-state index contributed by atoms with van der Waals surface area (Å²) in [5.74, 6) is -1.07. The maximum absolute atomic E-state index is 10.6. The molecule has 2 aromatic rings. The normalized spacial score (nSPS) is 10.5. The van der Waals surface area contributed by atoms with Crippen LogP contribution in [0, 0.1) is 0 Å². The lowest BCUT2D eigenvalue weighted by molar-refractivity contribution is 0.0692. The summed E-state index contributed by atoms with van der Waals surface area (Å²) >= 11 is 3.24. The van der Waals surface area contributed by atoms with E-state index in [4.69, 9.17) is 5.11 Å². The van der Waals surface area contributed by atoms with E-state index in [2.05, 4.69) is 26.2 Å². The van der Waals surface area contributed by atoms with E-state index in [1.54, 1.807) is 18.3 Å². The van der Waals surface area contributed by atoms with Gasteiger partial charge in [0, 0.05) is 10.7 Å². The van der Waals surface area contributed by atoms with E-state index in [0.717, 1.165) is 4.47 Å². The van der Waals surface area contributed by atoms with Crippen LogP contribution in [0.4, 0.5) is 0 Å². The van der Waals surface area contributed by atoms with Gasteiger partial charge in [0.25, 0.3) is 0 Å². The molecule has 0 atom stereocenters. The topological polar surface area (TPSA) is 67.5 Å². The number of carboxylic acid groups (broad SMARTS) is 1. The summed E-state index contributed by atoms with van der Waals surface area (Å²) < 4.78 is 2.23. The van der Waals surface area contributed by atoms with Crippen molar-refractivity contribution in [2.24, 2.45) is 0 Å². The predicted molar refractivity (Wildman–Crippen MR) is 47.6 cm³/mol. The molecule has 0 radical (unpaired) electrons. The van der Waals surface area contributed by atoms with Crippen LogP contribution in [0.2, 0.25) is 0 Å². The number of nitrogens with zero attached hydrogens (tertiary/aromatic N) is 3. The molecule has 0 saturated carbocycles. The molecule has 0 bridgehead atoms. The third-order valence-electron chi connectivity index (χ3n) is 1.58. The Balaban J connectivity index is 2.76. The molecule has 2 rings (SSSR count). The molecule has 13 heavy (non-hydrogen) atoms. The number of aromatic nitrogens is 3. The van der Waals surface area contributed by atoms with E-state index >= 15 is 0 Å². The van der Waals surface area contributed by atoms with Crippen LogP contribution in [0.5, 0.6) is 0 Å². The molecule has 0 aliphatic rings. The van der Waals surface area contributed by atoms with Crippen molar-refractivity contribution in [2.45, 2.75) is 0 Å². The molecule has 0 aromatic carbocycles. The van der Waals surface area contributed by atoms with Crippen LogP contribution in [-0.4, -0.2) is 25.9 Å². The minimum atomic E-state index is -1.07. The Morgan fingerprint density at radius 2 is 2.31 bits per heavy atom. The molecular weight excluding hydrogens is 238 g/mol. The monoisotopic (exact) mass is 241 g/mol. The largest absolute Gasteiger partial charge is 0.476 e. The van der Waals surface area contributed by atoms with Crippen LogP contribution in [0.3, 0.4) is 0 Å². The lowest BCUT2D eigenvalue weighted by atomic mass is 10.3. The maximum Gasteiger partial charge on any atom is 0.358 e. The lowest BCUT2D eigenvalue weighted by Crippen LogP contribution is -1.97. The van der Waals surface area contributed by atoms with Gasteiger partial charge in [0.05, 0.1) is 0 Å². The highest BCUT2D eigenvalue weighted by Crippen LogP contribution is 2.13. The fourth-order valence-corrected chi connectivity index (χ4v) is 1.35. The molecule has 2 aromatic heterocycles. The van der Waals surface area contributed by atoms with E-state index in [-0.39, 0.29) is 5.69 Å². The molecule has 5 nitrogen and oxygen atoms in total. The summed E-state index contributed by atoms with van der Waals surface area (Å²) in [5, 5.41) is 15.9. The molecule has 0 amide bonds. The zero-order valence-electron chi connectivity index (χ0n) is 6.31. The number of carboxylic acids is 1. The highest BCUT2D eigenvalue weighted by Gasteiger charge is 2.12. The highest BCUT2D eigenvalue weighted by atomic mass is 79.9. The number of halogens is 1. The van der Waals surface area contributed by atoms with E-state index in [1.165, 1.54) is 4.52 Å². The van der Waals surface area contributed by atoms with Gasteiger partial charge in [-0.3, -0.25) is 0 Å². The Morgan fingerprint density at radius 3 is 3.00 bits per heavy atom. The first-order chi connectivity index (χ1) is 6.18. The van der Waals surface area contributed by atoms with Crippen LogP contribution in [-0.2, 0) is 0 Å². The highest BCUT2D eigenvalue weighted by molar-refractivity contribution is 9.10. The van der Waals surface area contributed by atoms with Gasteiger partial charge in [-0.15, -0.1) is 5.10 Å². The Morgan fingerprint density at radius 1 is 1.54 bits per heavy atom. The lowest BCUT2D eigenvalue weighted by Gasteiger charge is -1.92. The summed E-state index contributed by atoms with van der Waals surface area (Å²) in [6.45, 7) is 0. The number of carbonyl (C=O) groups is 1. The number of hydrogen-bond donors (Lipinski definition) is 1. The van der Waals surface area contributed by atoms with Crippen LogP contribution in [0.1, 0.15) is 10.5 Å². The Bertz CT molecular complexity index is 480. The SMILES string of the molecule is O=C(O)c1nnn2cc(Br)ccc12. The molecule has 66 valence electrons. The van der Waals surface area contributed by atoms with Crippen molar-refractivity contribution in [1.29, 1.82) is 0 Å². The van der Waals surface area contributed by atoms with Crippen molar-refractivity contribution in [2.75, 3.05) is 0 Å². The molecule has 0 saturated heterocycles. The number of rotatable bonds is 1. The summed E-state index contributed by atoms with van der Waals surface area (Å²) in [6, 6.07) is 3.39. The number of pyridine rings is 1. The number of fused-ring (bicyclic) bond motifs is 1. The Hall–Kier alpha value is -1.43. The van der Waals surface area contributed by atoms with Gasteiger partial charge in [-0.2, -0.15) is 0 Å². The van der Waals surface area contributed by atoms with Crippen molar-refractivity contribution in [3.8, 4) is 0 Å². The first kappa shape index (κ1) is 8.18. The van der Waals surface area contributed by atoms with Crippen molar-refractivity contribution >= 4 is 27.4 Å². The molecule has 0 unspecified atom stereocenters. The van der Waals surface area contributed by atoms with E-state index in [0.29, 0.717) is 5.52 Å². The van der Waals surface area contributed by atoms with Gasteiger partial charge in [0.2, 0.25) is 0 Å². The molecule has 0 aliphatic carbocycles. The second-order valence-corrected chi connectivity index (χ2v) is 3.34. The second-order valence-electron chi connectivity index (χ2n) is 2.42. The minimum absolute atomic E-state index is 0.0347. The van der Waals surface area contributed by atoms with E-state index in [1.807, 2.05) is 0 Å². The quantitative estimate of drug-likeness (QED) is 0.815. The van der Waals surface area contributed by atoms with Crippen LogP contribution in [0.15, 0.2) is 22.8 Å². The summed E-state index contributed by atoms with van der Waals surface area (Å²) in [6.07, 6.45) is 1.65. The van der Waals surface area contributed by atoms with E-state index < -0.39 is 5.97 Å². The molecule has 0 aliphatic heterocycles. The molecular formula is C7H4BrN3O2. The summed E-state index contributed by atoms with van der Waals surface area (Å²) in [7, 11) is 0. The Kier molecular flexibility index (Phi) is 1.77. The third-order valence-corrected chi connectivity index (χ3v) is 2.05. The van der Waals surface area contributed by atoms with Gasteiger partial charge in [-0.25, -0.2) is 9.31 Å². The molecule has 0 spiro atoms. The fourth-order valence-electron chi connectivity index (χ4n) is 1.02. The zero-order chi connectivity index (χ0) is 9.42. The third kappa shape index (κ3) is 1.29. The van der Waals surface area contributed by atoms with Gasteiger partial charge in [0.1, 0.15) is 5.52 Å². The molecule has 6 heteroatoms. The molecule has 1 N–H and O–H groups in total. The minimum Gasteiger partial charge on any atom is -0.476 e. The number of hydrogen-bond acceptors (Lipinski definition) is 3. The van der Waals surface area contributed by atoms with Crippen LogP contribution >= 0.6 is 15.9 Å². The fraction of sp³-hybridized carbons (Fsp3) is 0. The van der Waals surface area contributed by atoms with Gasteiger partial charge in [-0.1, -0.05) is 5.21 Å². The molecule has 0 fully saturated rings. The predicted octanol–water partition coefficient (Wildman–Crippen LogP) is 1.19. The first-order valence-electron chi connectivity index (χ1n) is 3.42. The maximum atomic E-state index is 10.6. The van der Waals surface area contributed by atoms with Crippen LogP contribution < -0.4 is 0 Å².